The van der Waals surface area contributed by atoms with Gasteiger partial charge in [-0.25, -0.2) is 0 Å². The Kier molecular flexibility index (Phi) is 31.9. The number of hydrogen-bond acceptors (Lipinski definition) is 9. The van der Waals surface area contributed by atoms with Crippen molar-refractivity contribution in [3.05, 3.63) is 12.7 Å². The van der Waals surface area contributed by atoms with Gasteiger partial charge in [0.1, 0.15) is 0 Å². The van der Waals surface area contributed by atoms with E-state index in [-0.39, 0.29) is 13.2 Å². The summed E-state index contributed by atoms with van der Waals surface area (Å²) in [5.41, 5.74) is 0. The first-order valence-electron chi connectivity index (χ1n) is 9.11. The highest BCUT2D eigenvalue weighted by Gasteiger charge is 1.93. The van der Waals surface area contributed by atoms with Crippen molar-refractivity contribution in [2.24, 2.45) is 0 Å². The van der Waals surface area contributed by atoms with E-state index in [0.29, 0.717) is 85.9 Å². The highest BCUT2D eigenvalue weighted by molar-refractivity contribution is 4.62. The average Bonchev–Trinajstić information content (AvgIpc) is 2.68. The maximum absolute atomic E-state index is 8.48. The van der Waals surface area contributed by atoms with Crippen LogP contribution in [-0.2, 0) is 33.2 Å². The summed E-state index contributed by atoms with van der Waals surface area (Å²) >= 11 is 0. The van der Waals surface area contributed by atoms with Crippen molar-refractivity contribution >= 4 is 0 Å². The predicted molar refractivity (Wildman–Crippen MR) is 101 cm³/mol. The van der Waals surface area contributed by atoms with E-state index in [2.05, 4.69) is 11.3 Å². The average molecular weight is 398 g/mol. The van der Waals surface area contributed by atoms with Crippen LogP contribution >= 0.6 is 0 Å². The molecular formula is C18H38O9. The van der Waals surface area contributed by atoms with Gasteiger partial charge in [-0.2, -0.15) is 0 Å². The Hall–Kier alpha value is -0.620. The molecule has 0 bridgehead atoms. The van der Waals surface area contributed by atoms with Gasteiger partial charge in [-0.15, -0.1) is 6.58 Å². The molecule has 0 aromatic heterocycles. The van der Waals surface area contributed by atoms with Gasteiger partial charge in [0, 0.05) is 7.11 Å². The van der Waals surface area contributed by atoms with E-state index in [0.717, 1.165) is 0 Å². The third kappa shape index (κ3) is 33.4. The molecule has 0 aromatic carbocycles. The lowest BCUT2D eigenvalue weighted by molar-refractivity contribution is -0.0194. The van der Waals surface area contributed by atoms with E-state index in [1.165, 1.54) is 0 Å². The second kappa shape index (κ2) is 30.1. The monoisotopic (exact) mass is 398 g/mol. The fraction of sp³-hybridized carbons (Fsp3) is 0.889. The van der Waals surface area contributed by atoms with Gasteiger partial charge in [0.15, 0.2) is 0 Å². The zero-order valence-corrected chi connectivity index (χ0v) is 16.6. The molecule has 0 aromatic rings. The van der Waals surface area contributed by atoms with Crippen LogP contribution in [-0.4, -0.2) is 116 Å². The number of aliphatic hydroxyl groups is 2. The fourth-order valence-electron chi connectivity index (χ4n) is 1.45. The molecule has 0 aliphatic heterocycles. The van der Waals surface area contributed by atoms with Gasteiger partial charge in [0.25, 0.3) is 0 Å². The second-order valence-corrected chi connectivity index (χ2v) is 4.87. The van der Waals surface area contributed by atoms with E-state index in [4.69, 9.17) is 38.6 Å². The molecule has 0 saturated heterocycles. The number of ether oxygens (including phenoxy) is 7. The Labute approximate surface area is 163 Å². The summed E-state index contributed by atoms with van der Waals surface area (Å²) in [5.74, 6) is 0. The summed E-state index contributed by atoms with van der Waals surface area (Å²) in [6.07, 6.45) is 1.71. The van der Waals surface area contributed by atoms with E-state index in [9.17, 15) is 0 Å². The molecular weight excluding hydrogens is 360 g/mol. The van der Waals surface area contributed by atoms with Crippen LogP contribution < -0.4 is 0 Å². The topological polar surface area (TPSA) is 105 Å². The number of methoxy groups -OCH3 is 1. The van der Waals surface area contributed by atoms with Crippen LogP contribution in [0.4, 0.5) is 0 Å². The van der Waals surface area contributed by atoms with Crippen molar-refractivity contribution in [3.8, 4) is 0 Å². The van der Waals surface area contributed by atoms with E-state index < -0.39 is 0 Å². The van der Waals surface area contributed by atoms with Crippen molar-refractivity contribution < 1.29 is 43.4 Å². The van der Waals surface area contributed by atoms with Crippen molar-refractivity contribution in [3.63, 3.8) is 0 Å². The Morgan fingerprint density at radius 1 is 0.556 bits per heavy atom. The van der Waals surface area contributed by atoms with E-state index >= 15 is 0 Å². The molecule has 0 saturated carbocycles. The van der Waals surface area contributed by atoms with Crippen molar-refractivity contribution in [1.29, 1.82) is 0 Å². The van der Waals surface area contributed by atoms with Crippen molar-refractivity contribution in [1.82, 2.24) is 0 Å². The summed E-state index contributed by atoms with van der Waals surface area (Å²) in [5, 5.41) is 17.0. The van der Waals surface area contributed by atoms with Gasteiger partial charge < -0.3 is 43.4 Å². The first-order valence-corrected chi connectivity index (χ1v) is 9.11. The lowest BCUT2D eigenvalue weighted by Gasteiger charge is -2.07. The normalized spacial score (nSPS) is 10.5. The van der Waals surface area contributed by atoms with Crippen LogP contribution in [0.15, 0.2) is 12.7 Å². The van der Waals surface area contributed by atoms with Crippen LogP contribution in [0.3, 0.4) is 0 Å². The summed E-state index contributed by atoms with van der Waals surface area (Å²) < 4.78 is 35.8. The van der Waals surface area contributed by atoms with Crippen molar-refractivity contribution in [2.75, 3.05) is 106 Å². The standard InChI is InChI=1S/C14H30O8.C4H8O/c15-1-3-17-5-7-19-9-11-21-13-14-22-12-10-20-8-6-18-4-2-16;1-3-4-5-2/h15-16H,1-14H2;3H,1,4H2,2H3. The van der Waals surface area contributed by atoms with Crippen LogP contribution in [0.5, 0.6) is 0 Å². The number of rotatable bonds is 21. The molecule has 0 rings (SSSR count). The Morgan fingerprint density at radius 3 is 0.963 bits per heavy atom. The third-order valence-corrected chi connectivity index (χ3v) is 2.62. The molecule has 0 fully saturated rings. The molecule has 0 amide bonds. The maximum atomic E-state index is 8.48. The van der Waals surface area contributed by atoms with Gasteiger partial charge in [-0.05, 0) is 0 Å². The molecule has 9 heteroatoms. The van der Waals surface area contributed by atoms with Gasteiger partial charge >= 0.3 is 0 Å². The summed E-state index contributed by atoms with van der Waals surface area (Å²) in [6, 6.07) is 0. The molecule has 164 valence electrons. The first-order chi connectivity index (χ1) is 13.3. The van der Waals surface area contributed by atoms with Crippen LogP contribution in [0.1, 0.15) is 0 Å². The zero-order valence-electron chi connectivity index (χ0n) is 16.6. The maximum Gasteiger partial charge on any atom is 0.0701 e. The van der Waals surface area contributed by atoms with Crippen LogP contribution in [0.2, 0.25) is 0 Å². The zero-order chi connectivity index (χ0) is 20.3. The van der Waals surface area contributed by atoms with Crippen molar-refractivity contribution in [2.45, 2.75) is 0 Å². The van der Waals surface area contributed by atoms with Gasteiger partial charge in [-0.3, -0.25) is 0 Å². The highest BCUT2D eigenvalue weighted by Crippen LogP contribution is 1.84. The Balaban J connectivity index is 0. The van der Waals surface area contributed by atoms with Crippen LogP contribution in [0.25, 0.3) is 0 Å². The van der Waals surface area contributed by atoms with E-state index in [1.807, 2.05) is 0 Å². The Morgan fingerprint density at radius 2 is 0.815 bits per heavy atom. The number of hydrogen-bond donors (Lipinski definition) is 2. The molecule has 0 aliphatic rings. The minimum absolute atomic E-state index is 0.0334. The van der Waals surface area contributed by atoms with Crippen LogP contribution in [0, 0.1) is 0 Å². The number of aliphatic hydroxyl groups excluding tert-OH is 2. The second-order valence-electron chi connectivity index (χ2n) is 4.87. The molecule has 0 spiro atoms. The lowest BCUT2D eigenvalue weighted by atomic mass is 10.7. The molecule has 0 heterocycles. The van der Waals surface area contributed by atoms with Gasteiger partial charge in [0.05, 0.1) is 99.1 Å². The highest BCUT2D eigenvalue weighted by atomic mass is 16.6. The van der Waals surface area contributed by atoms with Gasteiger partial charge in [-0.1, -0.05) is 6.08 Å². The lowest BCUT2D eigenvalue weighted by Crippen LogP contribution is -2.14. The molecule has 0 aliphatic carbocycles. The quantitative estimate of drug-likeness (QED) is 0.202. The SMILES string of the molecule is C=CCOC.OCCOCCOCCOCCOCCOCCOCCO. The predicted octanol–water partition coefficient (Wildman–Crippen LogP) is -0.111. The molecule has 27 heavy (non-hydrogen) atoms. The summed E-state index contributed by atoms with van der Waals surface area (Å²) in [7, 11) is 1.64. The molecule has 0 atom stereocenters. The smallest absolute Gasteiger partial charge is 0.0701 e. The Bertz CT molecular complexity index is 235. The minimum atomic E-state index is 0.0334. The summed E-state index contributed by atoms with van der Waals surface area (Å²) in [4.78, 5) is 0. The molecule has 0 unspecified atom stereocenters. The molecule has 9 nitrogen and oxygen atoms in total. The third-order valence-electron chi connectivity index (χ3n) is 2.62. The molecule has 2 N–H and O–H groups in total. The molecule has 0 radical (unpaired) electrons. The summed E-state index contributed by atoms with van der Waals surface area (Å²) in [6.45, 7) is 9.89. The first kappa shape index (κ1) is 28.6. The largest absolute Gasteiger partial charge is 0.394 e. The fourth-order valence-corrected chi connectivity index (χ4v) is 1.45. The van der Waals surface area contributed by atoms with Gasteiger partial charge in [0.2, 0.25) is 0 Å². The van der Waals surface area contributed by atoms with E-state index in [1.54, 1.807) is 13.2 Å². The minimum Gasteiger partial charge on any atom is -0.394 e.